The van der Waals surface area contributed by atoms with Crippen LogP contribution in [-0.2, 0) is 11.0 Å². The Bertz CT molecular complexity index is 443. The van der Waals surface area contributed by atoms with Gasteiger partial charge < -0.3 is 5.73 Å². The average Bonchev–Trinajstić information content (AvgIpc) is 3.09. The highest BCUT2D eigenvalue weighted by Gasteiger charge is 2.38. The van der Waals surface area contributed by atoms with Crippen molar-refractivity contribution < 1.29 is 4.21 Å². The van der Waals surface area contributed by atoms with Crippen LogP contribution in [0.25, 0.3) is 0 Å². The molecule has 19 heavy (non-hydrogen) atoms. The van der Waals surface area contributed by atoms with Gasteiger partial charge >= 0.3 is 0 Å². The van der Waals surface area contributed by atoms with Gasteiger partial charge in [-0.2, -0.15) is 13.3 Å². The Hall–Kier alpha value is -0.450. The number of allylic oxidation sites excluding steroid dienone is 1. The van der Waals surface area contributed by atoms with E-state index in [2.05, 4.69) is 38.6 Å². The van der Waals surface area contributed by atoms with Crippen molar-refractivity contribution in [1.82, 2.24) is 4.31 Å². The quantitative estimate of drug-likeness (QED) is 0.808. The second-order valence-corrected chi connectivity index (χ2v) is 7.19. The molecule has 0 aromatic rings. The minimum Gasteiger partial charge on any atom is -0.324 e. The van der Waals surface area contributed by atoms with Gasteiger partial charge in [-0.15, -0.1) is 6.04 Å². The number of nitrogens with zero attached hydrogens (tertiary/aromatic N) is 1. The Kier molecular flexibility index (Phi) is 4.33. The van der Waals surface area contributed by atoms with Crippen molar-refractivity contribution in [2.24, 2.45) is 5.73 Å². The maximum atomic E-state index is 12.7. The largest absolute Gasteiger partial charge is 0.324 e. The maximum absolute atomic E-state index is 12.7. The van der Waals surface area contributed by atoms with Gasteiger partial charge in [0.05, 0.1) is 4.91 Å². The molecule has 2 rings (SSSR count). The van der Waals surface area contributed by atoms with Crippen LogP contribution in [0.5, 0.6) is 0 Å². The lowest BCUT2D eigenvalue weighted by atomic mass is 9.98. The van der Waals surface area contributed by atoms with Crippen molar-refractivity contribution in [2.45, 2.75) is 65.1 Å². The summed E-state index contributed by atoms with van der Waals surface area (Å²) in [6.07, 6.45) is 2.90. The molecule has 0 spiro atoms. The first-order valence-corrected chi connectivity index (χ1v) is 8.18. The van der Waals surface area contributed by atoms with Gasteiger partial charge in [0, 0.05) is 12.1 Å². The molecule has 1 heterocycles. The number of hydrogen-bond donors (Lipinski definition) is 1. The first-order chi connectivity index (χ1) is 8.88. The summed E-state index contributed by atoms with van der Waals surface area (Å²) in [5, 5.41) is 0. The van der Waals surface area contributed by atoms with E-state index in [0.29, 0.717) is 0 Å². The summed E-state index contributed by atoms with van der Waals surface area (Å²) in [6, 6.07) is 0.694. The molecule has 2 fully saturated rings. The van der Waals surface area contributed by atoms with Crippen LogP contribution >= 0.6 is 0 Å². The molecule has 4 heteroatoms. The lowest BCUT2D eigenvalue weighted by Gasteiger charge is -2.46. The maximum Gasteiger partial charge on any atom is 0.125 e. The van der Waals surface area contributed by atoms with Crippen LogP contribution in [0.1, 0.15) is 47.0 Å². The SMILES string of the molecule is C=C1C(=C2CC2N)CC(C)N(C(C)[C-](C)CC)S1=O. The predicted molar refractivity (Wildman–Crippen MR) is 81.5 cm³/mol. The molecule has 108 valence electrons. The van der Waals surface area contributed by atoms with E-state index < -0.39 is 11.0 Å². The Balaban J connectivity index is 2.22. The molecular formula is C15H25N2OS-. The lowest BCUT2D eigenvalue weighted by Crippen LogP contribution is -2.47. The van der Waals surface area contributed by atoms with Crippen LogP contribution in [0.3, 0.4) is 0 Å². The fourth-order valence-electron chi connectivity index (χ4n) is 2.77. The summed E-state index contributed by atoms with van der Waals surface area (Å²) >= 11 is 0. The molecule has 3 nitrogen and oxygen atoms in total. The van der Waals surface area contributed by atoms with Crippen LogP contribution in [0.4, 0.5) is 0 Å². The highest BCUT2D eigenvalue weighted by Crippen LogP contribution is 2.41. The Morgan fingerprint density at radius 2 is 2.16 bits per heavy atom. The third kappa shape index (κ3) is 2.71. The molecule has 4 atom stereocenters. The van der Waals surface area contributed by atoms with Crippen molar-refractivity contribution in [3.63, 3.8) is 0 Å². The minimum atomic E-state index is -1.13. The van der Waals surface area contributed by atoms with Gasteiger partial charge in [-0.05, 0) is 30.9 Å². The first-order valence-electron chi connectivity index (χ1n) is 7.07. The third-order valence-corrected chi connectivity index (χ3v) is 6.17. The molecule has 0 aromatic carbocycles. The van der Waals surface area contributed by atoms with Crippen molar-refractivity contribution in [3.8, 4) is 0 Å². The molecule has 1 aliphatic carbocycles. The standard InChI is InChI=1S/C15H25N2OS/c1-6-9(2)11(4)17-10(3)7-13(12(5)19(17)18)14-8-15(14)16/h10-11,15H,5-8,16H2,1-4H3/q-1. The van der Waals surface area contributed by atoms with E-state index in [0.717, 1.165) is 24.2 Å². The fraction of sp³-hybridized carbons (Fsp3) is 0.667. The van der Waals surface area contributed by atoms with Crippen LogP contribution in [0.15, 0.2) is 22.6 Å². The van der Waals surface area contributed by atoms with E-state index in [1.54, 1.807) is 0 Å². The van der Waals surface area contributed by atoms with Crippen molar-refractivity contribution in [2.75, 3.05) is 0 Å². The monoisotopic (exact) mass is 281 g/mol. The highest BCUT2D eigenvalue weighted by atomic mass is 32.2. The Morgan fingerprint density at radius 1 is 1.58 bits per heavy atom. The molecule has 0 aromatic heterocycles. The van der Waals surface area contributed by atoms with Gasteiger partial charge in [0.1, 0.15) is 11.0 Å². The number of hydrogen-bond acceptors (Lipinski definition) is 2. The zero-order valence-electron chi connectivity index (χ0n) is 12.4. The number of nitrogens with two attached hydrogens (primary N) is 1. The van der Waals surface area contributed by atoms with Crippen LogP contribution in [0.2, 0.25) is 0 Å². The van der Waals surface area contributed by atoms with E-state index in [4.69, 9.17) is 5.73 Å². The predicted octanol–water partition coefficient (Wildman–Crippen LogP) is 2.68. The molecule has 1 saturated carbocycles. The summed E-state index contributed by atoms with van der Waals surface area (Å²) in [7, 11) is -1.13. The van der Waals surface area contributed by atoms with Crippen molar-refractivity contribution in [3.05, 3.63) is 28.5 Å². The molecule has 1 saturated heterocycles. The summed E-state index contributed by atoms with van der Waals surface area (Å²) in [5.41, 5.74) is 8.35. The minimum absolute atomic E-state index is 0.184. The molecule has 4 unspecified atom stereocenters. The molecule has 1 aliphatic heterocycles. The van der Waals surface area contributed by atoms with Crippen LogP contribution < -0.4 is 5.73 Å². The lowest BCUT2D eigenvalue weighted by molar-refractivity contribution is 0.286. The Labute approximate surface area is 119 Å². The normalized spacial score (nSPS) is 37.8. The fourth-order valence-corrected chi connectivity index (χ4v) is 4.32. The van der Waals surface area contributed by atoms with Crippen LogP contribution in [-0.4, -0.2) is 26.6 Å². The van der Waals surface area contributed by atoms with Gasteiger partial charge in [0.2, 0.25) is 0 Å². The van der Waals surface area contributed by atoms with Gasteiger partial charge in [-0.25, -0.2) is 8.51 Å². The Morgan fingerprint density at radius 3 is 2.63 bits per heavy atom. The molecular weight excluding hydrogens is 256 g/mol. The zero-order valence-corrected chi connectivity index (χ0v) is 13.2. The van der Waals surface area contributed by atoms with Gasteiger partial charge in [-0.3, -0.25) is 5.92 Å². The van der Waals surface area contributed by atoms with Gasteiger partial charge in [-0.1, -0.05) is 20.4 Å². The molecule has 0 radical (unpaired) electrons. The first kappa shape index (κ1) is 14.9. The molecule has 2 N–H and O–H groups in total. The van der Waals surface area contributed by atoms with Gasteiger partial charge in [0.15, 0.2) is 0 Å². The second-order valence-electron chi connectivity index (χ2n) is 5.78. The third-order valence-electron chi connectivity index (χ3n) is 4.44. The molecule has 0 amide bonds. The average molecular weight is 281 g/mol. The molecule has 2 aliphatic rings. The van der Waals surface area contributed by atoms with Crippen molar-refractivity contribution >= 4 is 11.0 Å². The number of rotatable bonds is 3. The highest BCUT2D eigenvalue weighted by molar-refractivity contribution is 7.87. The summed E-state index contributed by atoms with van der Waals surface area (Å²) in [5.74, 6) is 1.37. The van der Waals surface area contributed by atoms with E-state index in [-0.39, 0.29) is 18.1 Å². The van der Waals surface area contributed by atoms with E-state index in [9.17, 15) is 4.21 Å². The zero-order chi connectivity index (χ0) is 14.3. The van der Waals surface area contributed by atoms with E-state index in [1.807, 2.05) is 0 Å². The van der Waals surface area contributed by atoms with E-state index >= 15 is 0 Å². The van der Waals surface area contributed by atoms with Crippen molar-refractivity contribution in [1.29, 1.82) is 0 Å². The summed E-state index contributed by atoms with van der Waals surface area (Å²) in [4.78, 5) is 0.775. The second kappa shape index (κ2) is 5.51. The summed E-state index contributed by atoms with van der Waals surface area (Å²) in [6.45, 7) is 12.6. The smallest absolute Gasteiger partial charge is 0.125 e. The topological polar surface area (TPSA) is 46.3 Å². The van der Waals surface area contributed by atoms with E-state index in [1.165, 1.54) is 17.1 Å². The van der Waals surface area contributed by atoms with Gasteiger partial charge in [0.25, 0.3) is 0 Å². The van der Waals surface area contributed by atoms with Crippen LogP contribution in [0, 0.1) is 5.92 Å². The summed E-state index contributed by atoms with van der Waals surface area (Å²) < 4.78 is 14.8. The molecule has 0 bridgehead atoms.